The molecule has 5 heteroatoms. The standard InChI is InChI=1S/C11H18N4O/c1-8(15-7-6-10(12)14-15)11(16)13-9-4-2-3-5-9/h6-9H,2-5H2,1H3,(H2,12,14)(H,13,16). The largest absolute Gasteiger partial charge is 0.382 e. The highest BCUT2D eigenvalue weighted by Gasteiger charge is 2.21. The summed E-state index contributed by atoms with van der Waals surface area (Å²) in [5.74, 6) is 0.468. The number of carbonyl (C=O) groups excluding carboxylic acids is 1. The SMILES string of the molecule is CC(C(=O)NC1CCCC1)n1ccc(N)n1. The molecule has 0 spiro atoms. The number of aromatic nitrogens is 2. The quantitative estimate of drug-likeness (QED) is 0.804. The summed E-state index contributed by atoms with van der Waals surface area (Å²) in [7, 11) is 0. The fourth-order valence-electron chi connectivity index (χ4n) is 2.08. The maximum atomic E-state index is 11.9. The first-order valence-corrected chi connectivity index (χ1v) is 5.78. The topological polar surface area (TPSA) is 72.9 Å². The number of anilines is 1. The van der Waals surface area contributed by atoms with E-state index in [9.17, 15) is 4.79 Å². The highest BCUT2D eigenvalue weighted by molar-refractivity contribution is 5.80. The van der Waals surface area contributed by atoms with Gasteiger partial charge in [0.25, 0.3) is 0 Å². The van der Waals surface area contributed by atoms with E-state index in [4.69, 9.17) is 5.73 Å². The van der Waals surface area contributed by atoms with Crippen molar-refractivity contribution in [1.82, 2.24) is 15.1 Å². The molecule has 2 rings (SSSR count). The van der Waals surface area contributed by atoms with Gasteiger partial charge in [-0.05, 0) is 25.8 Å². The van der Waals surface area contributed by atoms with E-state index in [1.807, 2.05) is 6.92 Å². The van der Waals surface area contributed by atoms with Crippen molar-refractivity contribution in [2.45, 2.75) is 44.7 Å². The molecular formula is C11H18N4O. The Balaban J connectivity index is 1.93. The van der Waals surface area contributed by atoms with Gasteiger partial charge in [-0.15, -0.1) is 0 Å². The molecule has 0 radical (unpaired) electrons. The summed E-state index contributed by atoms with van der Waals surface area (Å²) in [4.78, 5) is 11.9. The van der Waals surface area contributed by atoms with E-state index in [-0.39, 0.29) is 11.9 Å². The van der Waals surface area contributed by atoms with Crippen molar-refractivity contribution < 1.29 is 4.79 Å². The molecule has 0 aromatic carbocycles. The van der Waals surface area contributed by atoms with Crippen molar-refractivity contribution in [3.8, 4) is 0 Å². The Morgan fingerprint density at radius 1 is 1.62 bits per heavy atom. The van der Waals surface area contributed by atoms with Crippen LogP contribution in [0.1, 0.15) is 38.6 Å². The number of nitrogens with one attached hydrogen (secondary N) is 1. The molecule has 1 heterocycles. The number of nitrogens with two attached hydrogens (primary N) is 1. The second-order valence-electron chi connectivity index (χ2n) is 4.39. The third kappa shape index (κ3) is 2.35. The van der Waals surface area contributed by atoms with Crippen LogP contribution in [-0.2, 0) is 4.79 Å². The second kappa shape index (κ2) is 4.55. The Morgan fingerprint density at radius 3 is 2.88 bits per heavy atom. The van der Waals surface area contributed by atoms with Crippen molar-refractivity contribution >= 4 is 11.7 Å². The van der Waals surface area contributed by atoms with Gasteiger partial charge in [-0.2, -0.15) is 5.10 Å². The van der Waals surface area contributed by atoms with Gasteiger partial charge in [0.2, 0.25) is 5.91 Å². The summed E-state index contributed by atoms with van der Waals surface area (Å²) in [6.45, 7) is 1.83. The van der Waals surface area contributed by atoms with E-state index < -0.39 is 0 Å². The molecule has 1 aliphatic carbocycles. The molecule has 5 nitrogen and oxygen atoms in total. The predicted molar refractivity (Wildman–Crippen MR) is 61.7 cm³/mol. The lowest BCUT2D eigenvalue weighted by molar-refractivity contribution is -0.124. The zero-order valence-corrected chi connectivity index (χ0v) is 9.52. The number of nitrogens with zero attached hydrogens (tertiary/aromatic N) is 2. The highest BCUT2D eigenvalue weighted by Crippen LogP contribution is 2.18. The molecule has 1 atom stereocenters. The smallest absolute Gasteiger partial charge is 0.244 e. The Kier molecular flexibility index (Phi) is 3.12. The summed E-state index contributed by atoms with van der Waals surface area (Å²) in [6, 6.07) is 1.75. The summed E-state index contributed by atoms with van der Waals surface area (Å²) in [5.41, 5.74) is 5.52. The van der Waals surface area contributed by atoms with Crippen molar-refractivity contribution in [3.05, 3.63) is 12.3 Å². The first-order chi connectivity index (χ1) is 7.66. The minimum atomic E-state index is -0.294. The monoisotopic (exact) mass is 222 g/mol. The average Bonchev–Trinajstić information content (AvgIpc) is 2.88. The molecule has 1 aromatic heterocycles. The van der Waals surface area contributed by atoms with Crippen LogP contribution in [0.4, 0.5) is 5.82 Å². The Hall–Kier alpha value is -1.52. The van der Waals surface area contributed by atoms with E-state index in [2.05, 4.69) is 10.4 Å². The number of amides is 1. The van der Waals surface area contributed by atoms with Crippen molar-refractivity contribution in [2.24, 2.45) is 0 Å². The number of carbonyl (C=O) groups is 1. The van der Waals surface area contributed by atoms with Crippen LogP contribution in [0.2, 0.25) is 0 Å². The van der Waals surface area contributed by atoms with E-state index in [1.54, 1.807) is 16.9 Å². The Morgan fingerprint density at radius 2 is 2.31 bits per heavy atom. The molecule has 3 N–H and O–H groups in total. The van der Waals surface area contributed by atoms with Gasteiger partial charge in [0.05, 0.1) is 0 Å². The molecule has 1 aromatic rings. The van der Waals surface area contributed by atoms with E-state index in [0.717, 1.165) is 12.8 Å². The molecular weight excluding hydrogens is 204 g/mol. The van der Waals surface area contributed by atoms with Crippen LogP contribution in [0.3, 0.4) is 0 Å². The highest BCUT2D eigenvalue weighted by atomic mass is 16.2. The third-order valence-electron chi connectivity index (χ3n) is 3.11. The van der Waals surface area contributed by atoms with Crippen LogP contribution in [0.5, 0.6) is 0 Å². The van der Waals surface area contributed by atoms with Gasteiger partial charge >= 0.3 is 0 Å². The maximum Gasteiger partial charge on any atom is 0.244 e. The zero-order valence-electron chi connectivity index (χ0n) is 9.52. The maximum absolute atomic E-state index is 11.9. The number of rotatable bonds is 3. The van der Waals surface area contributed by atoms with Crippen LogP contribution in [0.25, 0.3) is 0 Å². The van der Waals surface area contributed by atoms with Gasteiger partial charge in [-0.1, -0.05) is 12.8 Å². The van der Waals surface area contributed by atoms with Crippen LogP contribution >= 0.6 is 0 Å². The van der Waals surface area contributed by atoms with Crippen LogP contribution in [0.15, 0.2) is 12.3 Å². The van der Waals surface area contributed by atoms with Gasteiger partial charge < -0.3 is 11.1 Å². The van der Waals surface area contributed by atoms with Crippen molar-refractivity contribution in [2.75, 3.05) is 5.73 Å². The number of hydrogen-bond acceptors (Lipinski definition) is 3. The summed E-state index contributed by atoms with van der Waals surface area (Å²) in [6.07, 6.45) is 6.36. The van der Waals surface area contributed by atoms with E-state index in [0.29, 0.717) is 11.9 Å². The van der Waals surface area contributed by atoms with Gasteiger partial charge in [-0.25, -0.2) is 0 Å². The molecule has 0 saturated heterocycles. The first kappa shape index (κ1) is 11.0. The van der Waals surface area contributed by atoms with Crippen LogP contribution in [0, 0.1) is 0 Å². The molecule has 1 amide bonds. The fourth-order valence-corrected chi connectivity index (χ4v) is 2.08. The minimum absolute atomic E-state index is 0.0231. The molecule has 1 unspecified atom stereocenters. The second-order valence-corrected chi connectivity index (χ2v) is 4.39. The normalized spacial score (nSPS) is 18.6. The van der Waals surface area contributed by atoms with Gasteiger partial charge in [-0.3, -0.25) is 9.48 Å². The van der Waals surface area contributed by atoms with Crippen molar-refractivity contribution in [3.63, 3.8) is 0 Å². The summed E-state index contributed by atoms with van der Waals surface area (Å²) >= 11 is 0. The average molecular weight is 222 g/mol. The molecule has 0 aliphatic heterocycles. The van der Waals surface area contributed by atoms with Gasteiger partial charge in [0.1, 0.15) is 11.9 Å². The third-order valence-corrected chi connectivity index (χ3v) is 3.11. The van der Waals surface area contributed by atoms with E-state index >= 15 is 0 Å². The Bertz CT molecular complexity index is 368. The Labute approximate surface area is 95.0 Å². The van der Waals surface area contributed by atoms with Crippen LogP contribution in [-0.4, -0.2) is 21.7 Å². The molecule has 1 saturated carbocycles. The molecule has 1 fully saturated rings. The lowest BCUT2D eigenvalue weighted by Gasteiger charge is -2.16. The minimum Gasteiger partial charge on any atom is -0.382 e. The van der Waals surface area contributed by atoms with Crippen molar-refractivity contribution in [1.29, 1.82) is 0 Å². The fraction of sp³-hybridized carbons (Fsp3) is 0.636. The molecule has 88 valence electrons. The number of hydrogen-bond donors (Lipinski definition) is 2. The summed E-state index contributed by atoms with van der Waals surface area (Å²) < 4.78 is 1.60. The lowest BCUT2D eigenvalue weighted by Crippen LogP contribution is -2.37. The molecule has 16 heavy (non-hydrogen) atoms. The van der Waals surface area contributed by atoms with Gasteiger partial charge in [0.15, 0.2) is 0 Å². The zero-order chi connectivity index (χ0) is 11.5. The number of nitrogen functional groups attached to an aromatic ring is 1. The van der Waals surface area contributed by atoms with Crippen LogP contribution < -0.4 is 11.1 Å². The van der Waals surface area contributed by atoms with Gasteiger partial charge in [0, 0.05) is 12.2 Å². The summed E-state index contributed by atoms with van der Waals surface area (Å²) in [5, 5.41) is 7.09. The molecule has 0 bridgehead atoms. The van der Waals surface area contributed by atoms with E-state index in [1.165, 1.54) is 12.8 Å². The first-order valence-electron chi connectivity index (χ1n) is 5.78. The predicted octanol–water partition coefficient (Wildman–Crippen LogP) is 1.09. The lowest BCUT2D eigenvalue weighted by atomic mass is 10.2. The molecule has 1 aliphatic rings.